The summed E-state index contributed by atoms with van der Waals surface area (Å²) in [5, 5.41) is 3.42. The molecule has 0 spiro atoms. The fourth-order valence-corrected chi connectivity index (χ4v) is 1.70. The highest BCUT2D eigenvalue weighted by Gasteiger charge is 2.18. The van der Waals surface area contributed by atoms with Gasteiger partial charge in [0.15, 0.2) is 0 Å². The summed E-state index contributed by atoms with van der Waals surface area (Å²) < 4.78 is 5.65. The molecule has 1 saturated heterocycles. The van der Waals surface area contributed by atoms with Crippen LogP contribution in [0.5, 0.6) is 0 Å². The van der Waals surface area contributed by atoms with Crippen LogP contribution in [0.15, 0.2) is 16.5 Å². The van der Waals surface area contributed by atoms with E-state index in [1.165, 1.54) is 12.8 Å². The molecule has 1 atom stereocenters. The van der Waals surface area contributed by atoms with Crippen molar-refractivity contribution in [3.8, 4) is 0 Å². The zero-order valence-corrected chi connectivity index (χ0v) is 7.47. The molecule has 0 saturated carbocycles. The van der Waals surface area contributed by atoms with Gasteiger partial charge in [-0.3, -0.25) is 0 Å². The molecule has 1 unspecified atom stereocenters. The Morgan fingerprint density at radius 1 is 1.58 bits per heavy atom. The van der Waals surface area contributed by atoms with Crippen LogP contribution in [-0.2, 0) is 6.42 Å². The van der Waals surface area contributed by atoms with Gasteiger partial charge >= 0.3 is 0 Å². The van der Waals surface area contributed by atoms with Crippen molar-refractivity contribution in [2.24, 2.45) is 0 Å². The van der Waals surface area contributed by atoms with E-state index >= 15 is 0 Å². The first-order chi connectivity index (χ1) is 5.90. The van der Waals surface area contributed by atoms with Gasteiger partial charge in [-0.1, -0.05) is 6.92 Å². The maximum Gasteiger partial charge on any atom is 0.121 e. The number of furan rings is 1. The van der Waals surface area contributed by atoms with Gasteiger partial charge in [0.05, 0.1) is 6.04 Å². The van der Waals surface area contributed by atoms with Gasteiger partial charge in [0.2, 0.25) is 0 Å². The number of rotatable bonds is 2. The lowest BCUT2D eigenvalue weighted by Gasteiger charge is -2.04. The molecule has 2 rings (SSSR count). The predicted molar refractivity (Wildman–Crippen MR) is 48.1 cm³/mol. The minimum absolute atomic E-state index is 0.477. The van der Waals surface area contributed by atoms with E-state index in [2.05, 4.69) is 24.4 Å². The van der Waals surface area contributed by atoms with Crippen molar-refractivity contribution in [2.75, 3.05) is 6.54 Å². The Balaban J connectivity index is 2.11. The first-order valence-corrected chi connectivity index (χ1v) is 4.72. The number of hydrogen-bond acceptors (Lipinski definition) is 2. The summed E-state index contributed by atoms with van der Waals surface area (Å²) in [6.45, 7) is 3.25. The third-order valence-corrected chi connectivity index (χ3v) is 2.43. The minimum atomic E-state index is 0.477. The number of aryl methyl sites for hydroxylation is 1. The SMILES string of the molecule is CCc1ccc(C2CCCN2)o1. The Hall–Kier alpha value is -0.760. The van der Waals surface area contributed by atoms with E-state index in [4.69, 9.17) is 4.42 Å². The van der Waals surface area contributed by atoms with Crippen LogP contribution in [0.4, 0.5) is 0 Å². The molecule has 1 aliphatic heterocycles. The normalized spacial score (nSPS) is 23.2. The maximum atomic E-state index is 5.65. The second-order valence-electron chi connectivity index (χ2n) is 3.31. The Bertz CT molecular complexity index is 248. The van der Waals surface area contributed by atoms with Crippen LogP contribution in [0.3, 0.4) is 0 Å². The quantitative estimate of drug-likeness (QED) is 0.727. The lowest BCUT2D eigenvalue weighted by Crippen LogP contribution is -2.11. The van der Waals surface area contributed by atoms with Gasteiger partial charge in [0.25, 0.3) is 0 Å². The highest BCUT2D eigenvalue weighted by Crippen LogP contribution is 2.24. The molecule has 2 heteroatoms. The molecule has 1 aromatic heterocycles. The Morgan fingerprint density at radius 3 is 3.08 bits per heavy atom. The summed E-state index contributed by atoms with van der Waals surface area (Å²) in [6, 6.07) is 4.65. The molecule has 1 aliphatic rings. The fraction of sp³-hybridized carbons (Fsp3) is 0.600. The average Bonchev–Trinajstić information content (AvgIpc) is 2.75. The number of hydrogen-bond donors (Lipinski definition) is 1. The van der Waals surface area contributed by atoms with E-state index in [1.807, 2.05) is 0 Å². The van der Waals surface area contributed by atoms with Crippen LogP contribution in [0, 0.1) is 0 Å². The molecular formula is C10H15NO. The molecule has 2 nitrogen and oxygen atoms in total. The van der Waals surface area contributed by atoms with Gasteiger partial charge in [-0.2, -0.15) is 0 Å². The van der Waals surface area contributed by atoms with Gasteiger partial charge in [0.1, 0.15) is 11.5 Å². The van der Waals surface area contributed by atoms with Crippen molar-refractivity contribution >= 4 is 0 Å². The zero-order chi connectivity index (χ0) is 8.39. The van der Waals surface area contributed by atoms with Crippen molar-refractivity contribution in [1.82, 2.24) is 5.32 Å². The molecule has 0 bridgehead atoms. The summed E-state index contributed by atoms with van der Waals surface area (Å²) >= 11 is 0. The van der Waals surface area contributed by atoms with Crippen molar-refractivity contribution in [3.63, 3.8) is 0 Å². The largest absolute Gasteiger partial charge is 0.464 e. The highest BCUT2D eigenvalue weighted by atomic mass is 16.3. The molecule has 1 fully saturated rings. The summed E-state index contributed by atoms with van der Waals surface area (Å²) in [5.74, 6) is 2.21. The van der Waals surface area contributed by atoms with E-state index in [0.29, 0.717) is 6.04 Å². The van der Waals surface area contributed by atoms with Crippen molar-refractivity contribution < 1.29 is 4.42 Å². The van der Waals surface area contributed by atoms with Gasteiger partial charge < -0.3 is 9.73 Å². The topological polar surface area (TPSA) is 25.2 Å². The maximum absolute atomic E-state index is 5.65. The van der Waals surface area contributed by atoms with E-state index in [9.17, 15) is 0 Å². The van der Waals surface area contributed by atoms with Crippen LogP contribution in [0.25, 0.3) is 0 Å². The molecule has 0 radical (unpaired) electrons. The Kier molecular flexibility index (Phi) is 2.17. The van der Waals surface area contributed by atoms with Gasteiger partial charge in [-0.15, -0.1) is 0 Å². The van der Waals surface area contributed by atoms with Crippen LogP contribution in [0.2, 0.25) is 0 Å². The molecule has 12 heavy (non-hydrogen) atoms. The molecule has 0 aliphatic carbocycles. The number of nitrogens with one attached hydrogen (secondary N) is 1. The van der Waals surface area contributed by atoms with Gasteiger partial charge in [-0.25, -0.2) is 0 Å². The first kappa shape index (κ1) is 7.87. The molecule has 1 aromatic rings. The molecule has 0 aromatic carbocycles. The van der Waals surface area contributed by atoms with Crippen LogP contribution in [0.1, 0.15) is 37.3 Å². The van der Waals surface area contributed by atoms with Crippen LogP contribution < -0.4 is 5.32 Å². The summed E-state index contributed by atoms with van der Waals surface area (Å²) in [7, 11) is 0. The lowest BCUT2D eigenvalue weighted by atomic mass is 10.2. The van der Waals surface area contributed by atoms with Gasteiger partial charge in [0, 0.05) is 6.42 Å². The minimum Gasteiger partial charge on any atom is -0.464 e. The van der Waals surface area contributed by atoms with Crippen molar-refractivity contribution in [3.05, 3.63) is 23.7 Å². The average molecular weight is 165 g/mol. The lowest BCUT2D eigenvalue weighted by molar-refractivity contribution is 0.420. The monoisotopic (exact) mass is 165 g/mol. The Morgan fingerprint density at radius 2 is 2.50 bits per heavy atom. The second kappa shape index (κ2) is 3.31. The van der Waals surface area contributed by atoms with Crippen LogP contribution in [-0.4, -0.2) is 6.54 Å². The van der Waals surface area contributed by atoms with E-state index in [0.717, 1.165) is 24.5 Å². The highest BCUT2D eigenvalue weighted by molar-refractivity contribution is 5.11. The Labute approximate surface area is 73.0 Å². The first-order valence-electron chi connectivity index (χ1n) is 4.72. The standard InChI is InChI=1S/C10H15NO/c1-2-8-5-6-10(12-8)9-4-3-7-11-9/h5-6,9,11H,2-4,7H2,1H3. The van der Waals surface area contributed by atoms with Crippen LogP contribution >= 0.6 is 0 Å². The molecule has 2 heterocycles. The fourth-order valence-electron chi connectivity index (χ4n) is 1.70. The summed E-state index contributed by atoms with van der Waals surface area (Å²) in [6.07, 6.45) is 3.48. The molecule has 0 amide bonds. The van der Waals surface area contributed by atoms with Crippen molar-refractivity contribution in [1.29, 1.82) is 0 Å². The summed E-state index contributed by atoms with van der Waals surface area (Å²) in [5.41, 5.74) is 0. The molecule has 1 N–H and O–H groups in total. The third kappa shape index (κ3) is 1.39. The van der Waals surface area contributed by atoms with E-state index in [1.54, 1.807) is 0 Å². The molecular weight excluding hydrogens is 150 g/mol. The summed E-state index contributed by atoms with van der Waals surface area (Å²) in [4.78, 5) is 0. The van der Waals surface area contributed by atoms with Gasteiger partial charge in [-0.05, 0) is 31.5 Å². The van der Waals surface area contributed by atoms with E-state index in [-0.39, 0.29) is 0 Å². The second-order valence-corrected chi connectivity index (χ2v) is 3.31. The predicted octanol–water partition coefficient (Wildman–Crippen LogP) is 2.27. The van der Waals surface area contributed by atoms with E-state index < -0.39 is 0 Å². The zero-order valence-electron chi connectivity index (χ0n) is 7.47. The third-order valence-electron chi connectivity index (χ3n) is 2.43. The van der Waals surface area contributed by atoms with Crippen molar-refractivity contribution in [2.45, 2.75) is 32.2 Å². The smallest absolute Gasteiger partial charge is 0.121 e. The molecule has 66 valence electrons.